The van der Waals surface area contributed by atoms with E-state index in [1.807, 2.05) is 6.92 Å². The molecule has 0 bridgehead atoms. The smallest absolute Gasteiger partial charge is 0.299 e. The number of unbranched alkanes of at least 4 members (excludes halogenated alkanes) is 1. The third kappa shape index (κ3) is 3.54. The number of rotatable bonds is 6. The van der Waals surface area contributed by atoms with Crippen molar-refractivity contribution in [1.82, 2.24) is 24.3 Å². The lowest BCUT2D eigenvalue weighted by Gasteiger charge is -2.14. The predicted molar refractivity (Wildman–Crippen MR) is 95.1 cm³/mol. The minimum atomic E-state index is -4.53. The number of aryl methyl sites for hydroxylation is 1. The fraction of sp³-hybridized carbons (Fsp3) is 0.389. The highest BCUT2D eigenvalue weighted by atomic mass is 19.4. The molecule has 0 aromatic carbocycles. The van der Waals surface area contributed by atoms with E-state index in [1.54, 1.807) is 6.92 Å². The summed E-state index contributed by atoms with van der Waals surface area (Å²) in [5.41, 5.74) is -0.784. The van der Waals surface area contributed by atoms with E-state index < -0.39 is 17.9 Å². The quantitative estimate of drug-likeness (QED) is 0.601. The first-order valence-electron chi connectivity index (χ1n) is 8.73. The standard InChI is InChI=1S/C18H18F3N5O2/c1-3-4-7-25-10-23-16-15(17(25)28)13(9-27)24-26(16)11(2)12-5-6-14(22-8-12)18(19,20)21/h5-6,8-11H,3-4,7H2,1-2H3. The molecular formula is C18H18F3N5O2. The Bertz CT molecular complexity index is 1050. The lowest BCUT2D eigenvalue weighted by atomic mass is 10.1. The topological polar surface area (TPSA) is 82.7 Å². The average molecular weight is 393 g/mol. The third-order valence-corrected chi connectivity index (χ3v) is 4.50. The molecule has 0 N–H and O–H groups in total. The van der Waals surface area contributed by atoms with Crippen LogP contribution in [0, 0.1) is 0 Å². The Labute approximate surface area is 157 Å². The molecule has 0 aliphatic heterocycles. The zero-order valence-corrected chi connectivity index (χ0v) is 15.3. The van der Waals surface area contributed by atoms with E-state index >= 15 is 0 Å². The monoisotopic (exact) mass is 393 g/mol. The SMILES string of the molecule is CCCCn1cnc2c(c(C=O)nn2C(C)c2ccc(C(F)(F)F)nc2)c1=O. The molecule has 0 amide bonds. The molecular weight excluding hydrogens is 375 g/mol. The first-order valence-corrected chi connectivity index (χ1v) is 8.73. The maximum absolute atomic E-state index is 12.7. The summed E-state index contributed by atoms with van der Waals surface area (Å²) < 4.78 is 40.9. The van der Waals surface area contributed by atoms with Crippen molar-refractivity contribution in [3.05, 3.63) is 52.0 Å². The van der Waals surface area contributed by atoms with Gasteiger partial charge in [0, 0.05) is 12.7 Å². The molecule has 1 atom stereocenters. The van der Waals surface area contributed by atoms with Gasteiger partial charge in [-0.1, -0.05) is 19.4 Å². The lowest BCUT2D eigenvalue weighted by molar-refractivity contribution is -0.141. The fourth-order valence-electron chi connectivity index (χ4n) is 2.89. The van der Waals surface area contributed by atoms with E-state index in [2.05, 4.69) is 15.1 Å². The number of aromatic nitrogens is 5. The van der Waals surface area contributed by atoms with Crippen LogP contribution in [0.3, 0.4) is 0 Å². The second-order valence-corrected chi connectivity index (χ2v) is 6.39. The van der Waals surface area contributed by atoms with Crippen LogP contribution in [0.15, 0.2) is 29.5 Å². The highest BCUT2D eigenvalue weighted by Gasteiger charge is 2.32. The van der Waals surface area contributed by atoms with E-state index in [-0.39, 0.29) is 22.3 Å². The number of fused-ring (bicyclic) bond motifs is 1. The normalized spacial score (nSPS) is 13.0. The van der Waals surface area contributed by atoms with Crippen LogP contribution in [-0.4, -0.2) is 30.6 Å². The molecule has 0 aliphatic rings. The van der Waals surface area contributed by atoms with E-state index in [0.717, 1.165) is 25.1 Å². The van der Waals surface area contributed by atoms with Crippen LogP contribution in [-0.2, 0) is 12.7 Å². The van der Waals surface area contributed by atoms with E-state index in [9.17, 15) is 22.8 Å². The number of halogens is 3. The summed E-state index contributed by atoms with van der Waals surface area (Å²) in [5.74, 6) is 0. The maximum atomic E-state index is 12.7. The van der Waals surface area contributed by atoms with Crippen molar-refractivity contribution in [3.63, 3.8) is 0 Å². The van der Waals surface area contributed by atoms with Gasteiger partial charge in [0.15, 0.2) is 11.9 Å². The van der Waals surface area contributed by atoms with Gasteiger partial charge in [-0.3, -0.25) is 19.1 Å². The fourth-order valence-corrected chi connectivity index (χ4v) is 2.89. The highest BCUT2D eigenvalue weighted by molar-refractivity contribution is 5.92. The molecule has 7 nitrogen and oxygen atoms in total. The van der Waals surface area contributed by atoms with Gasteiger partial charge in [-0.2, -0.15) is 18.3 Å². The summed E-state index contributed by atoms with van der Waals surface area (Å²) in [4.78, 5) is 31.9. The summed E-state index contributed by atoms with van der Waals surface area (Å²) in [6.45, 7) is 4.14. The van der Waals surface area contributed by atoms with Crippen molar-refractivity contribution in [2.75, 3.05) is 0 Å². The number of hydrogen-bond donors (Lipinski definition) is 0. The first-order chi connectivity index (χ1) is 13.3. The van der Waals surface area contributed by atoms with Crippen molar-refractivity contribution >= 4 is 17.3 Å². The molecule has 0 saturated carbocycles. The summed E-state index contributed by atoms with van der Waals surface area (Å²) in [6.07, 6.45) is 0.113. The maximum Gasteiger partial charge on any atom is 0.433 e. The average Bonchev–Trinajstić information content (AvgIpc) is 3.06. The molecule has 28 heavy (non-hydrogen) atoms. The van der Waals surface area contributed by atoms with Gasteiger partial charge >= 0.3 is 6.18 Å². The first kappa shape index (κ1) is 19.7. The summed E-state index contributed by atoms with van der Waals surface area (Å²) in [5, 5.41) is 4.26. The van der Waals surface area contributed by atoms with Crippen LogP contribution in [0.25, 0.3) is 11.0 Å². The van der Waals surface area contributed by atoms with Crippen molar-refractivity contribution in [2.24, 2.45) is 0 Å². The largest absolute Gasteiger partial charge is 0.433 e. The molecule has 0 aliphatic carbocycles. The number of alkyl halides is 3. The van der Waals surface area contributed by atoms with Gasteiger partial charge in [0.05, 0.1) is 12.4 Å². The van der Waals surface area contributed by atoms with E-state index in [4.69, 9.17) is 0 Å². The number of nitrogens with zero attached hydrogens (tertiary/aromatic N) is 5. The minimum Gasteiger partial charge on any atom is -0.299 e. The summed E-state index contributed by atoms with van der Waals surface area (Å²) in [7, 11) is 0. The zero-order chi connectivity index (χ0) is 20.5. The number of carbonyl (C=O) groups is 1. The molecule has 3 aromatic rings. The van der Waals surface area contributed by atoms with Gasteiger partial charge in [-0.15, -0.1) is 0 Å². The van der Waals surface area contributed by atoms with Crippen molar-refractivity contribution in [2.45, 2.75) is 45.5 Å². The second-order valence-electron chi connectivity index (χ2n) is 6.39. The molecule has 148 valence electrons. The van der Waals surface area contributed by atoms with Gasteiger partial charge < -0.3 is 0 Å². The Morgan fingerprint density at radius 3 is 2.57 bits per heavy atom. The van der Waals surface area contributed by atoms with Gasteiger partial charge in [0.1, 0.15) is 16.8 Å². The number of pyridine rings is 1. The molecule has 1 unspecified atom stereocenters. The second kappa shape index (κ2) is 7.53. The van der Waals surface area contributed by atoms with Gasteiger partial charge in [-0.25, -0.2) is 9.67 Å². The van der Waals surface area contributed by atoms with Crippen molar-refractivity contribution < 1.29 is 18.0 Å². The van der Waals surface area contributed by atoms with Crippen LogP contribution in [0.4, 0.5) is 13.2 Å². The lowest BCUT2D eigenvalue weighted by Crippen LogP contribution is -2.21. The highest BCUT2D eigenvalue weighted by Crippen LogP contribution is 2.29. The van der Waals surface area contributed by atoms with Gasteiger partial charge in [-0.05, 0) is 25.0 Å². The molecule has 3 aromatic heterocycles. The molecule has 0 radical (unpaired) electrons. The van der Waals surface area contributed by atoms with Gasteiger partial charge in [0.2, 0.25) is 0 Å². The van der Waals surface area contributed by atoms with Crippen molar-refractivity contribution in [3.8, 4) is 0 Å². The number of hydrogen-bond acceptors (Lipinski definition) is 5. The predicted octanol–water partition coefficient (Wildman–Crippen LogP) is 3.23. The summed E-state index contributed by atoms with van der Waals surface area (Å²) >= 11 is 0. The molecule has 10 heteroatoms. The molecule has 0 saturated heterocycles. The Balaban J connectivity index is 2.06. The van der Waals surface area contributed by atoms with E-state index in [1.165, 1.54) is 21.6 Å². The summed E-state index contributed by atoms with van der Waals surface area (Å²) in [6, 6.07) is 1.59. The molecule has 0 fully saturated rings. The Kier molecular flexibility index (Phi) is 5.30. The number of aldehydes is 1. The van der Waals surface area contributed by atoms with Crippen LogP contribution in [0.1, 0.15) is 54.5 Å². The van der Waals surface area contributed by atoms with E-state index in [0.29, 0.717) is 18.4 Å². The molecule has 3 rings (SSSR count). The Hall–Kier alpha value is -3.04. The van der Waals surface area contributed by atoms with Crippen LogP contribution < -0.4 is 5.56 Å². The van der Waals surface area contributed by atoms with Crippen LogP contribution in [0.2, 0.25) is 0 Å². The molecule has 0 spiro atoms. The Morgan fingerprint density at radius 2 is 2.00 bits per heavy atom. The zero-order valence-electron chi connectivity index (χ0n) is 15.3. The number of carbonyl (C=O) groups excluding carboxylic acids is 1. The molecule has 3 heterocycles. The third-order valence-electron chi connectivity index (χ3n) is 4.50. The van der Waals surface area contributed by atoms with Crippen LogP contribution in [0.5, 0.6) is 0 Å². The van der Waals surface area contributed by atoms with Crippen molar-refractivity contribution in [1.29, 1.82) is 0 Å². The Morgan fingerprint density at radius 1 is 1.25 bits per heavy atom. The minimum absolute atomic E-state index is 0.0509. The van der Waals surface area contributed by atoms with Gasteiger partial charge in [0.25, 0.3) is 5.56 Å². The van der Waals surface area contributed by atoms with Crippen LogP contribution >= 0.6 is 0 Å².